The maximum atomic E-state index is 13.4. The molecule has 0 aliphatic carbocycles. The lowest BCUT2D eigenvalue weighted by Gasteiger charge is -2.25. The summed E-state index contributed by atoms with van der Waals surface area (Å²) in [5.74, 6) is -0.0895. The number of nitrogens with two attached hydrogens (primary N) is 1. The lowest BCUT2D eigenvalue weighted by molar-refractivity contribution is 0.220. The summed E-state index contributed by atoms with van der Waals surface area (Å²) in [4.78, 5) is 13.6. The Kier molecular flexibility index (Phi) is 7.99. The minimum absolute atomic E-state index is 0.0895. The summed E-state index contributed by atoms with van der Waals surface area (Å²) >= 11 is 6.35. The van der Waals surface area contributed by atoms with E-state index in [1.807, 2.05) is 18.2 Å². The molecule has 0 aromatic heterocycles. The molecule has 0 saturated carbocycles. The zero-order valence-electron chi connectivity index (χ0n) is 20.5. The average molecular weight is 548 g/mol. The van der Waals surface area contributed by atoms with Crippen LogP contribution in [-0.2, 0) is 16.4 Å². The molecule has 4 aromatic carbocycles. The second-order valence-corrected chi connectivity index (χ2v) is 11.0. The van der Waals surface area contributed by atoms with E-state index in [0.717, 1.165) is 5.56 Å². The highest BCUT2D eigenvalue weighted by atomic mass is 35.5. The number of halogens is 1. The van der Waals surface area contributed by atoms with Gasteiger partial charge in [-0.05, 0) is 47.5 Å². The van der Waals surface area contributed by atoms with E-state index in [1.165, 1.54) is 11.3 Å². The largest absolute Gasteiger partial charge is 0.384 e. The molecule has 4 aromatic rings. The Morgan fingerprint density at radius 2 is 1.61 bits per heavy atom. The number of hydrogen-bond acceptors (Lipinski definition) is 5. The number of urea groups is 1. The van der Waals surface area contributed by atoms with Crippen molar-refractivity contribution in [1.29, 1.82) is 5.41 Å². The Bertz CT molecular complexity index is 1590. The molecule has 0 spiro atoms. The van der Waals surface area contributed by atoms with Crippen LogP contribution in [0.15, 0.2) is 102 Å². The van der Waals surface area contributed by atoms with Crippen LogP contribution in [0.2, 0.25) is 5.02 Å². The fourth-order valence-electron chi connectivity index (χ4n) is 3.82. The first-order chi connectivity index (χ1) is 18.1. The van der Waals surface area contributed by atoms with E-state index < -0.39 is 15.9 Å². The molecule has 0 heterocycles. The Balaban J connectivity index is 1.58. The van der Waals surface area contributed by atoms with E-state index in [9.17, 15) is 13.2 Å². The topological polar surface area (TPSA) is 128 Å². The number of nitrogens with zero attached hydrogens (tertiary/aromatic N) is 1. The Labute approximate surface area is 226 Å². The lowest BCUT2D eigenvalue weighted by Crippen LogP contribution is -2.39. The molecule has 0 radical (unpaired) electrons. The molecule has 38 heavy (non-hydrogen) atoms. The molecular formula is C28H26ClN5O3S. The van der Waals surface area contributed by atoms with Gasteiger partial charge in [-0.15, -0.1) is 0 Å². The number of anilines is 2. The molecular weight excluding hydrogens is 522 g/mol. The van der Waals surface area contributed by atoms with Crippen molar-refractivity contribution in [2.45, 2.75) is 11.4 Å². The van der Waals surface area contributed by atoms with E-state index in [0.29, 0.717) is 33.1 Å². The van der Waals surface area contributed by atoms with Crippen molar-refractivity contribution in [3.63, 3.8) is 0 Å². The van der Waals surface area contributed by atoms with Crippen LogP contribution in [0.5, 0.6) is 0 Å². The van der Waals surface area contributed by atoms with Crippen LogP contribution in [0, 0.1) is 5.41 Å². The van der Waals surface area contributed by atoms with Crippen molar-refractivity contribution < 1.29 is 13.2 Å². The summed E-state index contributed by atoms with van der Waals surface area (Å²) in [6, 6.07) is 27.3. The first-order valence-corrected chi connectivity index (χ1v) is 13.8. The van der Waals surface area contributed by atoms with Crippen molar-refractivity contribution in [2.75, 3.05) is 17.0 Å². The van der Waals surface area contributed by atoms with Crippen LogP contribution in [0.1, 0.15) is 11.1 Å². The highest BCUT2D eigenvalue weighted by Crippen LogP contribution is 2.28. The van der Waals surface area contributed by atoms with Gasteiger partial charge >= 0.3 is 6.03 Å². The Hall–Kier alpha value is -4.34. The predicted molar refractivity (Wildman–Crippen MR) is 152 cm³/mol. The molecule has 194 valence electrons. The van der Waals surface area contributed by atoms with Crippen molar-refractivity contribution in [3.05, 3.63) is 113 Å². The van der Waals surface area contributed by atoms with Gasteiger partial charge in [0.25, 0.3) is 0 Å². The van der Waals surface area contributed by atoms with E-state index in [2.05, 4.69) is 10.7 Å². The number of amides is 2. The average Bonchev–Trinajstić information content (AvgIpc) is 2.89. The van der Waals surface area contributed by atoms with Gasteiger partial charge in [-0.2, -0.15) is 0 Å². The monoisotopic (exact) mass is 547 g/mol. The maximum absolute atomic E-state index is 13.4. The third kappa shape index (κ3) is 6.50. The van der Waals surface area contributed by atoms with E-state index in [4.69, 9.17) is 22.7 Å². The number of sulfone groups is 1. The molecule has 8 nitrogen and oxygen atoms in total. The van der Waals surface area contributed by atoms with Crippen LogP contribution >= 0.6 is 11.6 Å². The van der Waals surface area contributed by atoms with Gasteiger partial charge in [0, 0.05) is 28.1 Å². The van der Waals surface area contributed by atoms with Crippen LogP contribution in [-0.4, -0.2) is 31.5 Å². The van der Waals surface area contributed by atoms with Gasteiger partial charge in [0.1, 0.15) is 5.84 Å². The van der Waals surface area contributed by atoms with Gasteiger partial charge in [0.2, 0.25) is 0 Å². The number of hydrazine groups is 1. The zero-order chi connectivity index (χ0) is 27.3. The minimum atomic E-state index is -3.41. The molecule has 0 bridgehead atoms. The highest BCUT2D eigenvalue weighted by Gasteiger charge is 2.18. The quantitative estimate of drug-likeness (QED) is 0.127. The number of hydrogen-bond donors (Lipinski definition) is 4. The molecule has 0 fully saturated rings. The molecule has 0 saturated heterocycles. The second kappa shape index (κ2) is 11.4. The lowest BCUT2D eigenvalue weighted by atomic mass is 10.1. The SMILES string of the molecule is CS(=O)(=O)c1ccccc1-c1ccc(NC(=O)N(Cc2ccccc2Cl)Nc2cccc(C(=N)N)c2)cc1. The fourth-order valence-corrected chi connectivity index (χ4v) is 4.93. The third-order valence-corrected chi connectivity index (χ3v) is 7.23. The standard InChI is InChI=1S/C28H26ClN5O3S/c1-38(36,37)26-12-5-3-10-24(26)19-13-15-22(16-14-19)32-28(35)34(18-21-7-2-4-11-25(21)29)33-23-9-6-8-20(17-23)27(30)31/h2-17,33H,18H2,1H3,(H3,30,31)(H,32,35). The summed E-state index contributed by atoms with van der Waals surface area (Å²) in [5, 5.41) is 12.4. The number of nitrogen functional groups attached to an aromatic ring is 1. The molecule has 0 unspecified atom stereocenters. The normalized spacial score (nSPS) is 11.0. The van der Waals surface area contributed by atoms with Gasteiger partial charge in [-0.25, -0.2) is 18.2 Å². The number of benzene rings is 4. The van der Waals surface area contributed by atoms with Crippen LogP contribution in [0.3, 0.4) is 0 Å². The maximum Gasteiger partial charge on any atom is 0.340 e. The summed E-state index contributed by atoms with van der Waals surface area (Å²) in [5.41, 5.74) is 12.3. The van der Waals surface area contributed by atoms with Crippen molar-refractivity contribution in [2.24, 2.45) is 5.73 Å². The van der Waals surface area contributed by atoms with E-state index in [-0.39, 0.29) is 17.3 Å². The molecule has 0 aliphatic heterocycles. The predicted octanol–water partition coefficient (Wildman–Crippen LogP) is 5.76. The summed E-state index contributed by atoms with van der Waals surface area (Å²) in [6.07, 6.45) is 1.17. The smallest absolute Gasteiger partial charge is 0.340 e. The van der Waals surface area contributed by atoms with Crippen LogP contribution in [0.25, 0.3) is 11.1 Å². The van der Waals surface area contributed by atoms with Crippen LogP contribution in [0.4, 0.5) is 16.2 Å². The highest BCUT2D eigenvalue weighted by molar-refractivity contribution is 7.90. The minimum Gasteiger partial charge on any atom is -0.384 e. The Morgan fingerprint density at radius 3 is 2.29 bits per heavy atom. The third-order valence-electron chi connectivity index (χ3n) is 5.70. The number of carbonyl (C=O) groups excluding carboxylic acids is 1. The van der Waals surface area contributed by atoms with Gasteiger partial charge in [-0.1, -0.05) is 72.3 Å². The van der Waals surface area contributed by atoms with Gasteiger partial charge in [-0.3, -0.25) is 10.8 Å². The number of rotatable bonds is 8. The number of carbonyl (C=O) groups is 1. The molecule has 0 atom stereocenters. The summed E-state index contributed by atoms with van der Waals surface area (Å²) < 4.78 is 24.4. The van der Waals surface area contributed by atoms with Crippen molar-refractivity contribution >= 4 is 44.7 Å². The van der Waals surface area contributed by atoms with Crippen molar-refractivity contribution in [1.82, 2.24) is 5.01 Å². The molecule has 0 aliphatic rings. The first-order valence-electron chi connectivity index (χ1n) is 11.5. The van der Waals surface area contributed by atoms with Crippen molar-refractivity contribution in [3.8, 4) is 11.1 Å². The zero-order valence-corrected chi connectivity index (χ0v) is 22.1. The summed E-state index contributed by atoms with van der Waals surface area (Å²) in [7, 11) is -3.41. The van der Waals surface area contributed by atoms with Gasteiger partial charge in [0.15, 0.2) is 9.84 Å². The Morgan fingerprint density at radius 1 is 0.921 bits per heavy atom. The van der Waals surface area contributed by atoms with Crippen LogP contribution < -0.4 is 16.5 Å². The second-order valence-electron chi connectivity index (χ2n) is 8.56. The van der Waals surface area contributed by atoms with E-state index >= 15 is 0 Å². The molecule has 5 N–H and O–H groups in total. The van der Waals surface area contributed by atoms with Gasteiger partial charge < -0.3 is 11.1 Å². The number of amidine groups is 1. The fraction of sp³-hybridized carbons (Fsp3) is 0.0714. The first kappa shape index (κ1) is 26.7. The van der Waals surface area contributed by atoms with Gasteiger partial charge in [0.05, 0.1) is 17.1 Å². The van der Waals surface area contributed by atoms with E-state index in [1.54, 1.807) is 78.9 Å². The summed E-state index contributed by atoms with van der Waals surface area (Å²) in [6.45, 7) is 0.148. The molecule has 10 heteroatoms. The molecule has 2 amide bonds. The number of nitrogens with one attached hydrogen (secondary N) is 3. The molecule has 4 rings (SSSR count).